The zero-order chi connectivity index (χ0) is 12.6. The highest BCUT2D eigenvalue weighted by Gasteiger charge is 2.14. The average molecular weight is 234 g/mol. The van der Waals surface area contributed by atoms with Gasteiger partial charge < -0.3 is 11.5 Å². The molecule has 1 heterocycles. The van der Waals surface area contributed by atoms with Gasteiger partial charge in [0.15, 0.2) is 5.69 Å². The fraction of sp³-hybridized carbons (Fsp3) is 0.0909. The molecule has 0 aliphatic rings. The third-order valence-electron chi connectivity index (χ3n) is 2.33. The molecule has 0 unspecified atom stereocenters. The molecule has 1 aromatic heterocycles. The molecular weight excluding hydrogens is 223 g/mol. The molecule has 0 fully saturated rings. The maximum Gasteiger partial charge on any atom is 0.271 e. The van der Waals surface area contributed by atoms with Crippen molar-refractivity contribution >= 4 is 11.6 Å². The summed E-state index contributed by atoms with van der Waals surface area (Å²) >= 11 is 0. The Hall–Kier alpha value is -2.37. The summed E-state index contributed by atoms with van der Waals surface area (Å²) < 4.78 is 14.9. The Morgan fingerprint density at radius 2 is 2.18 bits per heavy atom. The van der Waals surface area contributed by atoms with Crippen LogP contribution in [0, 0.1) is 12.7 Å². The Morgan fingerprint density at radius 1 is 1.47 bits per heavy atom. The molecule has 1 aromatic carbocycles. The number of carbonyl (C=O) groups excluding carboxylic acids is 1. The number of primary amides is 1. The third-order valence-corrected chi connectivity index (χ3v) is 2.33. The van der Waals surface area contributed by atoms with Crippen molar-refractivity contribution in [1.82, 2.24) is 9.78 Å². The molecule has 0 atom stereocenters. The van der Waals surface area contributed by atoms with Gasteiger partial charge in [-0.3, -0.25) is 4.79 Å². The predicted octanol–water partition coefficient (Wildman–Crippen LogP) is 1.00. The summed E-state index contributed by atoms with van der Waals surface area (Å²) in [5, 5.41) is 3.85. The van der Waals surface area contributed by atoms with Crippen LogP contribution in [0.5, 0.6) is 0 Å². The number of aryl methyl sites for hydroxylation is 1. The number of halogens is 1. The number of aromatic nitrogens is 2. The van der Waals surface area contributed by atoms with Crippen molar-refractivity contribution < 1.29 is 9.18 Å². The number of hydrogen-bond acceptors (Lipinski definition) is 3. The summed E-state index contributed by atoms with van der Waals surface area (Å²) in [6.07, 6.45) is 1.36. The number of rotatable bonds is 2. The first-order valence-electron chi connectivity index (χ1n) is 4.90. The molecule has 0 aliphatic carbocycles. The van der Waals surface area contributed by atoms with Crippen LogP contribution < -0.4 is 11.5 Å². The minimum absolute atomic E-state index is 0.0648. The highest BCUT2D eigenvalue weighted by molar-refractivity contribution is 5.95. The van der Waals surface area contributed by atoms with Gasteiger partial charge in [-0.25, -0.2) is 9.07 Å². The number of nitrogens with two attached hydrogens (primary N) is 2. The van der Waals surface area contributed by atoms with Crippen LogP contribution in [0.25, 0.3) is 5.69 Å². The van der Waals surface area contributed by atoms with E-state index in [9.17, 15) is 9.18 Å². The van der Waals surface area contributed by atoms with E-state index in [0.29, 0.717) is 0 Å². The van der Waals surface area contributed by atoms with Gasteiger partial charge in [-0.1, -0.05) is 6.07 Å². The van der Waals surface area contributed by atoms with Gasteiger partial charge in [-0.15, -0.1) is 0 Å². The number of nitrogen functional groups attached to an aromatic ring is 1. The average Bonchev–Trinajstić information content (AvgIpc) is 2.60. The highest BCUT2D eigenvalue weighted by Crippen LogP contribution is 2.17. The van der Waals surface area contributed by atoms with E-state index in [2.05, 4.69) is 5.10 Å². The summed E-state index contributed by atoms with van der Waals surface area (Å²) in [6.45, 7) is 1.78. The van der Waals surface area contributed by atoms with E-state index < -0.39 is 11.7 Å². The van der Waals surface area contributed by atoms with Crippen LogP contribution in [0.4, 0.5) is 10.1 Å². The number of nitrogens with zero attached hydrogens (tertiary/aromatic N) is 2. The molecule has 17 heavy (non-hydrogen) atoms. The quantitative estimate of drug-likeness (QED) is 0.812. The van der Waals surface area contributed by atoms with Crippen molar-refractivity contribution in [3.05, 3.63) is 41.5 Å². The van der Waals surface area contributed by atoms with Crippen molar-refractivity contribution in [2.75, 3.05) is 5.73 Å². The Bertz CT molecular complexity index is 591. The van der Waals surface area contributed by atoms with E-state index in [1.165, 1.54) is 16.9 Å². The van der Waals surface area contributed by atoms with Crippen molar-refractivity contribution in [3.8, 4) is 5.69 Å². The Labute approximate surface area is 96.8 Å². The van der Waals surface area contributed by atoms with Crippen LogP contribution in [-0.2, 0) is 0 Å². The van der Waals surface area contributed by atoms with Gasteiger partial charge >= 0.3 is 0 Å². The predicted molar refractivity (Wildman–Crippen MR) is 61.2 cm³/mol. The molecule has 0 aliphatic heterocycles. The maximum atomic E-state index is 13.7. The molecule has 0 saturated heterocycles. The van der Waals surface area contributed by atoms with Crippen molar-refractivity contribution in [3.63, 3.8) is 0 Å². The van der Waals surface area contributed by atoms with E-state index in [1.807, 2.05) is 0 Å². The van der Waals surface area contributed by atoms with Crippen LogP contribution in [0.2, 0.25) is 0 Å². The molecule has 2 aromatic rings. The zero-order valence-corrected chi connectivity index (χ0v) is 9.14. The van der Waals surface area contributed by atoms with Gasteiger partial charge in [0.25, 0.3) is 5.91 Å². The van der Waals surface area contributed by atoms with E-state index in [0.717, 1.165) is 5.56 Å². The second-order valence-electron chi connectivity index (χ2n) is 3.70. The maximum absolute atomic E-state index is 13.7. The summed E-state index contributed by atoms with van der Waals surface area (Å²) in [4.78, 5) is 11.0. The van der Waals surface area contributed by atoms with Crippen LogP contribution >= 0.6 is 0 Å². The topological polar surface area (TPSA) is 86.9 Å². The largest absolute Gasteiger partial charge is 0.396 e. The summed E-state index contributed by atoms with van der Waals surface area (Å²) in [6, 6.07) is 4.67. The Kier molecular flexibility index (Phi) is 2.55. The molecular formula is C11H11FN4O. The van der Waals surface area contributed by atoms with Gasteiger partial charge in [0.1, 0.15) is 11.5 Å². The summed E-state index contributed by atoms with van der Waals surface area (Å²) in [7, 11) is 0. The van der Waals surface area contributed by atoms with Gasteiger partial charge in [-0.2, -0.15) is 5.10 Å². The number of hydrogen-bond donors (Lipinski definition) is 2. The van der Waals surface area contributed by atoms with Crippen LogP contribution in [0.15, 0.2) is 24.4 Å². The molecule has 88 valence electrons. The SMILES string of the molecule is Cc1ccc(-n2cc(N)c(C(N)=O)n2)c(F)c1. The van der Waals surface area contributed by atoms with E-state index in [-0.39, 0.29) is 17.1 Å². The van der Waals surface area contributed by atoms with Gasteiger partial charge in [0.2, 0.25) is 0 Å². The fourth-order valence-corrected chi connectivity index (χ4v) is 1.50. The lowest BCUT2D eigenvalue weighted by Gasteiger charge is -2.03. The second-order valence-corrected chi connectivity index (χ2v) is 3.70. The van der Waals surface area contributed by atoms with Gasteiger partial charge in [-0.05, 0) is 24.6 Å². The Balaban J connectivity index is 2.53. The van der Waals surface area contributed by atoms with E-state index in [1.54, 1.807) is 19.1 Å². The molecule has 0 radical (unpaired) electrons. The first kappa shape index (κ1) is 11.1. The van der Waals surface area contributed by atoms with E-state index >= 15 is 0 Å². The van der Waals surface area contributed by atoms with Gasteiger partial charge in [0.05, 0.1) is 11.9 Å². The van der Waals surface area contributed by atoms with Gasteiger partial charge in [0, 0.05) is 0 Å². The molecule has 2 rings (SSSR count). The smallest absolute Gasteiger partial charge is 0.271 e. The number of amides is 1. The van der Waals surface area contributed by atoms with Crippen LogP contribution in [0.1, 0.15) is 16.1 Å². The number of anilines is 1. The third kappa shape index (κ3) is 1.96. The molecule has 5 nitrogen and oxygen atoms in total. The molecule has 4 N–H and O–H groups in total. The molecule has 6 heteroatoms. The normalized spacial score (nSPS) is 10.5. The first-order valence-corrected chi connectivity index (χ1v) is 4.90. The number of carbonyl (C=O) groups is 1. The molecule has 0 spiro atoms. The summed E-state index contributed by atoms with van der Waals surface area (Å²) in [5.41, 5.74) is 11.7. The van der Waals surface area contributed by atoms with Crippen molar-refractivity contribution in [1.29, 1.82) is 0 Å². The van der Waals surface area contributed by atoms with Crippen molar-refractivity contribution in [2.24, 2.45) is 5.73 Å². The zero-order valence-electron chi connectivity index (χ0n) is 9.14. The molecule has 1 amide bonds. The molecule has 0 bridgehead atoms. The Morgan fingerprint density at radius 3 is 2.71 bits per heavy atom. The minimum atomic E-state index is -0.742. The fourth-order valence-electron chi connectivity index (χ4n) is 1.50. The van der Waals surface area contributed by atoms with Crippen LogP contribution in [-0.4, -0.2) is 15.7 Å². The van der Waals surface area contributed by atoms with Crippen LogP contribution in [0.3, 0.4) is 0 Å². The second kappa shape index (κ2) is 3.89. The standard InChI is InChI=1S/C11H11FN4O/c1-6-2-3-9(7(12)4-6)16-5-8(13)10(15-16)11(14)17/h2-5H,13H2,1H3,(H2,14,17). The molecule has 0 saturated carbocycles. The van der Waals surface area contributed by atoms with E-state index in [4.69, 9.17) is 11.5 Å². The summed E-state index contributed by atoms with van der Waals surface area (Å²) in [5.74, 6) is -1.18. The lowest BCUT2D eigenvalue weighted by atomic mass is 10.2. The minimum Gasteiger partial charge on any atom is -0.396 e. The highest BCUT2D eigenvalue weighted by atomic mass is 19.1. The van der Waals surface area contributed by atoms with Crippen molar-refractivity contribution in [2.45, 2.75) is 6.92 Å². The monoisotopic (exact) mass is 234 g/mol. The first-order chi connectivity index (χ1) is 7.99. The number of benzene rings is 1. The lowest BCUT2D eigenvalue weighted by molar-refractivity contribution is 0.0996. The lowest BCUT2D eigenvalue weighted by Crippen LogP contribution is -2.14.